The summed E-state index contributed by atoms with van der Waals surface area (Å²) in [6.45, 7) is 1.59. The Bertz CT molecular complexity index is 962. The van der Waals surface area contributed by atoms with Gasteiger partial charge in [0.1, 0.15) is 11.4 Å². The zero-order chi connectivity index (χ0) is 19.4. The lowest BCUT2D eigenvalue weighted by molar-refractivity contribution is -0.112. The average molecular weight is 372 g/mol. The molecule has 0 fully saturated rings. The van der Waals surface area contributed by atoms with Gasteiger partial charge < -0.3 is 9.84 Å². The summed E-state index contributed by atoms with van der Waals surface area (Å²) in [5.41, 5.74) is 0.124. The van der Waals surface area contributed by atoms with Crippen LogP contribution in [-0.2, 0) is 4.79 Å². The minimum atomic E-state index is -4.68. The molecule has 4 nitrogen and oxygen atoms in total. The summed E-state index contributed by atoms with van der Waals surface area (Å²) in [7, 11) is 0. The minimum Gasteiger partial charge on any atom is -0.354 e. The molecule has 0 atom stereocenters. The van der Waals surface area contributed by atoms with E-state index in [1.54, 1.807) is 37.3 Å². The van der Waals surface area contributed by atoms with E-state index in [2.05, 4.69) is 10.5 Å². The molecule has 27 heavy (non-hydrogen) atoms. The van der Waals surface area contributed by atoms with Crippen molar-refractivity contribution in [2.24, 2.45) is 0 Å². The van der Waals surface area contributed by atoms with Crippen LogP contribution in [0.4, 0.5) is 18.9 Å². The standard InChI is InChI=1S/C20H15F3N2O2/c1-13-18(19(27-25-13)15-10-6-3-7-11-15)24-17(26)12-16(20(21,22)23)14-8-4-2-5-9-14/h2-12H,1H3,(H,24,26)/b16-12-. The van der Waals surface area contributed by atoms with Gasteiger partial charge in [0.25, 0.3) is 0 Å². The van der Waals surface area contributed by atoms with E-state index in [0.29, 0.717) is 17.3 Å². The molecule has 1 N–H and O–H groups in total. The topological polar surface area (TPSA) is 55.1 Å². The molecule has 3 rings (SSSR count). The summed E-state index contributed by atoms with van der Waals surface area (Å²) in [5.74, 6) is -0.641. The number of amides is 1. The lowest BCUT2D eigenvalue weighted by Gasteiger charge is -2.12. The number of aryl methyl sites for hydroxylation is 1. The number of nitrogens with zero attached hydrogens (tertiary/aromatic N) is 1. The van der Waals surface area contributed by atoms with Crippen LogP contribution < -0.4 is 5.32 Å². The van der Waals surface area contributed by atoms with E-state index < -0.39 is 17.7 Å². The lowest BCUT2D eigenvalue weighted by atomic mass is 10.0. The maximum Gasteiger partial charge on any atom is 0.417 e. The fourth-order valence-corrected chi connectivity index (χ4v) is 2.54. The van der Waals surface area contributed by atoms with Crippen LogP contribution in [0.25, 0.3) is 16.9 Å². The Morgan fingerprint density at radius 1 is 1.04 bits per heavy atom. The van der Waals surface area contributed by atoms with Crippen molar-refractivity contribution in [3.63, 3.8) is 0 Å². The Hall–Kier alpha value is -3.35. The molecule has 3 aromatic rings. The Morgan fingerprint density at radius 3 is 2.22 bits per heavy atom. The molecule has 0 radical (unpaired) electrons. The fourth-order valence-electron chi connectivity index (χ4n) is 2.54. The second kappa shape index (κ2) is 7.49. The van der Waals surface area contributed by atoms with Gasteiger partial charge in [0.15, 0.2) is 5.76 Å². The highest BCUT2D eigenvalue weighted by Gasteiger charge is 2.35. The van der Waals surface area contributed by atoms with Crippen LogP contribution in [0, 0.1) is 6.92 Å². The summed E-state index contributed by atoms with van der Waals surface area (Å²) in [6, 6.07) is 16.0. The molecule has 1 heterocycles. The predicted molar refractivity (Wildman–Crippen MR) is 95.8 cm³/mol. The lowest BCUT2D eigenvalue weighted by Crippen LogP contribution is -2.16. The van der Waals surface area contributed by atoms with Gasteiger partial charge in [0.05, 0.1) is 5.57 Å². The normalized spacial score (nSPS) is 12.1. The van der Waals surface area contributed by atoms with Crippen LogP contribution in [0.5, 0.6) is 0 Å². The Balaban J connectivity index is 1.94. The largest absolute Gasteiger partial charge is 0.417 e. The molecule has 0 aliphatic rings. The van der Waals surface area contributed by atoms with Gasteiger partial charge in [-0.2, -0.15) is 13.2 Å². The molecule has 0 saturated carbocycles. The van der Waals surface area contributed by atoms with Crippen molar-refractivity contribution in [1.82, 2.24) is 5.16 Å². The van der Waals surface area contributed by atoms with E-state index in [0.717, 1.165) is 0 Å². The highest BCUT2D eigenvalue weighted by atomic mass is 19.4. The number of hydrogen-bond donors (Lipinski definition) is 1. The van der Waals surface area contributed by atoms with Crippen LogP contribution in [0.3, 0.4) is 0 Å². The molecule has 0 aliphatic carbocycles. The monoisotopic (exact) mass is 372 g/mol. The number of aromatic nitrogens is 1. The Morgan fingerprint density at radius 2 is 1.63 bits per heavy atom. The summed E-state index contributed by atoms with van der Waals surface area (Å²) >= 11 is 0. The van der Waals surface area contributed by atoms with Crippen molar-refractivity contribution in [2.45, 2.75) is 13.1 Å². The summed E-state index contributed by atoms with van der Waals surface area (Å²) in [6.07, 6.45) is -4.14. The van der Waals surface area contributed by atoms with Gasteiger partial charge >= 0.3 is 6.18 Å². The number of carbonyl (C=O) groups is 1. The van der Waals surface area contributed by atoms with Gasteiger partial charge in [0.2, 0.25) is 5.91 Å². The van der Waals surface area contributed by atoms with Crippen molar-refractivity contribution in [3.05, 3.63) is 78.0 Å². The molecular formula is C20H15F3N2O2. The number of hydrogen-bond acceptors (Lipinski definition) is 3. The van der Waals surface area contributed by atoms with E-state index in [-0.39, 0.29) is 17.0 Å². The molecule has 0 spiro atoms. The third-order valence-electron chi connectivity index (χ3n) is 3.81. The van der Waals surface area contributed by atoms with Crippen LogP contribution in [0.15, 0.2) is 71.3 Å². The second-order valence-corrected chi connectivity index (χ2v) is 5.75. The van der Waals surface area contributed by atoms with Crippen LogP contribution in [-0.4, -0.2) is 17.2 Å². The third-order valence-corrected chi connectivity index (χ3v) is 3.81. The number of nitrogens with one attached hydrogen (secondary N) is 1. The Labute approximate surface area is 153 Å². The van der Waals surface area contributed by atoms with Gasteiger partial charge in [-0.3, -0.25) is 4.79 Å². The van der Waals surface area contributed by atoms with E-state index in [4.69, 9.17) is 4.52 Å². The van der Waals surface area contributed by atoms with Gasteiger partial charge in [-0.1, -0.05) is 65.8 Å². The molecule has 0 saturated heterocycles. The van der Waals surface area contributed by atoms with E-state index in [1.807, 2.05) is 6.07 Å². The van der Waals surface area contributed by atoms with Crippen LogP contribution in [0.2, 0.25) is 0 Å². The van der Waals surface area contributed by atoms with Crippen molar-refractivity contribution >= 4 is 17.2 Å². The average Bonchev–Trinajstić information content (AvgIpc) is 3.01. The van der Waals surface area contributed by atoms with Crippen molar-refractivity contribution < 1.29 is 22.5 Å². The van der Waals surface area contributed by atoms with E-state index in [9.17, 15) is 18.0 Å². The number of anilines is 1. The first-order valence-electron chi connectivity index (χ1n) is 8.03. The maximum atomic E-state index is 13.4. The number of allylic oxidation sites excluding steroid dienone is 1. The van der Waals surface area contributed by atoms with E-state index in [1.165, 1.54) is 24.3 Å². The van der Waals surface area contributed by atoms with E-state index >= 15 is 0 Å². The second-order valence-electron chi connectivity index (χ2n) is 5.75. The fraction of sp³-hybridized carbons (Fsp3) is 0.100. The highest BCUT2D eigenvalue weighted by Crippen LogP contribution is 2.34. The molecular weight excluding hydrogens is 357 g/mol. The Kier molecular flexibility index (Phi) is 5.12. The SMILES string of the molecule is Cc1noc(-c2ccccc2)c1NC(=O)/C=C(/c1ccccc1)C(F)(F)F. The van der Waals surface area contributed by atoms with Gasteiger partial charge in [-0.15, -0.1) is 0 Å². The highest BCUT2D eigenvalue weighted by molar-refractivity contribution is 6.06. The minimum absolute atomic E-state index is 0.0922. The maximum absolute atomic E-state index is 13.4. The first kappa shape index (κ1) is 18.4. The molecule has 2 aromatic carbocycles. The van der Waals surface area contributed by atoms with Crippen molar-refractivity contribution in [3.8, 4) is 11.3 Å². The number of carbonyl (C=O) groups excluding carboxylic acids is 1. The zero-order valence-corrected chi connectivity index (χ0v) is 14.2. The number of benzene rings is 2. The first-order valence-corrected chi connectivity index (χ1v) is 8.03. The number of alkyl halides is 3. The van der Waals surface area contributed by atoms with Crippen LogP contribution >= 0.6 is 0 Å². The quantitative estimate of drug-likeness (QED) is 0.638. The molecule has 0 unspecified atom stereocenters. The molecule has 7 heteroatoms. The summed E-state index contributed by atoms with van der Waals surface area (Å²) in [5, 5.41) is 6.26. The molecule has 0 aliphatic heterocycles. The van der Waals surface area contributed by atoms with Gasteiger partial charge in [0, 0.05) is 11.6 Å². The van der Waals surface area contributed by atoms with Crippen LogP contribution in [0.1, 0.15) is 11.3 Å². The number of halogens is 3. The predicted octanol–water partition coefficient (Wildman–Crippen LogP) is 5.23. The molecule has 1 amide bonds. The van der Waals surface area contributed by atoms with Crippen molar-refractivity contribution in [2.75, 3.05) is 5.32 Å². The number of rotatable bonds is 4. The zero-order valence-electron chi connectivity index (χ0n) is 14.2. The third kappa shape index (κ3) is 4.25. The van der Waals surface area contributed by atoms with Gasteiger partial charge in [-0.25, -0.2) is 0 Å². The summed E-state index contributed by atoms with van der Waals surface area (Å²) < 4.78 is 45.4. The molecule has 0 bridgehead atoms. The smallest absolute Gasteiger partial charge is 0.354 e. The first-order chi connectivity index (χ1) is 12.9. The van der Waals surface area contributed by atoms with Gasteiger partial charge in [-0.05, 0) is 12.5 Å². The molecule has 138 valence electrons. The molecule has 1 aromatic heterocycles. The summed E-state index contributed by atoms with van der Waals surface area (Å²) in [4.78, 5) is 12.3. The van der Waals surface area contributed by atoms with Crippen molar-refractivity contribution in [1.29, 1.82) is 0 Å².